The van der Waals surface area contributed by atoms with Crippen LogP contribution in [0.4, 0.5) is 23.7 Å². The zero-order valence-corrected chi connectivity index (χ0v) is 27.5. The lowest BCUT2D eigenvalue weighted by molar-refractivity contribution is -0.141. The number of carbonyl (C=O) groups is 2. The van der Waals surface area contributed by atoms with Gasteiger partial charge in [0.05, 0.1) is 12.7 Å². The minimum atomic E-state index is -4.78. The average molecular weight is 712 g/mol. The molecule has 50 heavy (non-hydrogen) atoms. The van der Waals surface area contributed by atoms with Crippen LogP contribution >= 0.6 is 0 Å². The largest absolute Gasteiger partial charge is 0.465 e. The summed E-state index contributed by atoms with van der Waals surface area (Å²) >= 11 is 0. The van der Waals surface area contributed by atoms with Crippen molar-refractivity contribution in [3.8, 4) is 0 Å². The summed E-state index contributed by atoms with van der Waals surface area (Å²) in [6.45, 7) is 0.397. The van der Waals surface area contributed by atoms with Crippen LogP contribution in [-0.4, -0.2) is 68.4 Å². The maximum absolute atomic E-state index is 13.8. The summed E-state index contributed by atoms with van der Waals surface area (Å²) in [4.78, 5) is 29.0. The van der Waals surface area contributed by atoms with Crippen molar-refractivity contribution in [2.24, 2.45) is 0 Å². The molecule has 5 rings (SSSR count). The molecule has 0 unspecified atom stereocenters. The molecule has 264 valence electrons. The van der Waals surface area contributed by atoms with E-state index in [9.17, 15) is 36.3 Å². The number of pyridine rings is 1. The van der Waals surface area contributed by atoms with E-state index in [0.717, 1.165) is 28.8 Å². The lowest BCUT2D eigenvalue weighted by Gasteiger charge is -2.30. The van der Waals surface area contributed by atoms with Crippen LogP contribution in [0.15, 0.2) is 108 Å². The topological polar surface area (TPSA) is 159 Å². The van der Waals surface area contributed by atoms with Gasteiger partial charge in [0, 0.05) is 30.7 Å². The Morgan fingerprint density at radius 2 is 1.56 bits per heavy atom. The molecule has 2 amide bonds. The summed E-state index contributed by atoms with van der Waals surface area (Å²) < 4.78 is 72.4. The first-order chi connectivity index (χ1) is 23.9. The Hall–Kier alpha value is -4.83. The monoisotopic (exact) mass is 711 g/mol. The summed E-state index contributed by atoms with van der Waals surface area (Å²) in [6.07, 6.45) is -5.33. The summed E-state index contributed by atoms with van der Waals surface area (Å²) in [6, 6.07) is 26.7. The number of morpholine rings is 1. The molecule has 0 radical (unpaired) electrons. The normalized spacial score (nSPS) is 17.2. The third-order valence-corrected chi connectivity index (χ3v) is 9.52. The quantitative estimate of drug-likeness (QED) is 0.133. The van der Waals surface area contributed by atoms with Crippen LogP contribution in [0.1, 0.15) is 34.7 Å². The van der Waals surface area contributed by atoms with Gasteiger partial charge in [-0.2, -0.15) is 13.2 Å². The first kappa shape index (κ1) is 36.5. The van der Waals surface area contributed by atoms with E-state index in [0.29, 0.717) is 31.1 Å². The number of carbonyl (C=O) groups excluding carboxylic acids is 1. The number of benzene rings is 3. The molecule has 2 heterocycles. The zero-order valence-electron chi connectivity index (χ0n) is 26.6. The highest BCUT2D eigenvalue weighted by molar-refractivity contribution is 7.89. The molecular formula is C35H36F3N5O6S. The summed E-state index contributed by atoms with van der Waals surface area (Å²) in [5.74, 6) is -1.14. The molecule has 1 fully saturated rings. The van der Waals surface area contributed by atoms with Crippen LogP contribution in [0.2, 0.25) is 0 Å². The number of sulfonamides is 1. The number of anilines is 1. The third-order valence-electron chi connectivity index (χ3n) is 8.20. The maximum atomic E-state index is 13.8. The van der Waals surface area contributed by atoms with Gasteiger partial charge in [0.15, 0.2) is 5.03 Å². The molecule has 3 aromatic carbocycles. The maximum Gasteiger partial charge on any atom is 0.433 e. The molecule has 0 aliphatic carbocycles. The minimum Gasteiger partial charge on any atom is -0.465 e. The van der Waals surface area contributed by atoms with Gasteiger partial charge in [0.25, 0.3) is 10.0 Å². The van der Waals surface area contributed by atoms with Gasteiger partial charge in [-0.15, -0.1) is 0 Å². The molecule has 0 spiro atoms. The van der Waals surface area contributed by atoms with Crippen molar-refractivity contribution >= 4 is 27.7 Å². The van der Waals surface area contributed by atoms with Gasteiger partial charge in [-0.05, 0) is 47.7 Å². The summed E-state index contributed by atoms with van der Waals surface area (Å²) in [7, 11) is -4.30. The van der Waals surface area contributed by atoms with Crippen LogP contribution in [0.25, 0.3) is 0 Å². The van der Waals surface area contributed by atoms with E-state index in [1.165, 1.54) is 0 Å². The van der Waals surface area contributed by atoms with Crippen molar-refractivity contribution < 1.29 is 41.0 Å². The van der Waals surface area contributed by atoms with Crippen molar-refractivity contribution in [3.63, 3.8) is 0 Å². The number of halogens is 3. The molecule has 4 aromatic rings. The van der Waals surface area contributed by atoms with E-state index in [1.807, 2.05) is 72.8 Å². The van der Waals surface area contributed by atoms with Gasteiger partial charge in [-0.1, -0.05) is 84.9 Å². The van der Waals surface area contributed by atoms with Gasteiger partial charge in [-0.3, -0.25) is 4.79 Å². The predicted molar refractivity (Wildman–Crippen MR) is 179 cm³/mol. The number of para-hydroxylation sites is 1. The van der Waals surface area contributed by atoms with E-state index in [-0.39, 0.29) is 19.3 Å². The SMILES string of the molecule is O=C(O)N[C@H](C(=O)Nc1ccccc1CC[C@@H]1CN[C@H](CNS(=O)(=O)c2cccc(C(F)(F)F)n2)CO1)C(c1ccccc1)c1ccccc1. The van der Waals surface area contributed by atoms with Crippen LogP contribution < -0.4 is 20.7 Å². The summed E-state index contributed by atoms with van der Waals surface area (Å²) in [5, 5.41) is 17.6. The Labute approximate surface area is 287 Å². The predicted octanol–water partition coefficient (Wildman–Crippen LogP) is 4.78. The van der Waals surface area contributed by atoms with Gasteiger partial charge < -0.3 is 25.8 Å². The zero-order chi connectivity index (χ0) is 35.7. The fourth-order valence-electron chi connectivity index (χ4n) is 5.71. The fraction of sp³-hybridized carbons (Fsp3) is 0.286. The highest BCUT2D eigenvalue weighted by Gasteiger charge is 2.35. The Morgan fingerprint density at radius 3 is 2.16 bits per heavy atom. The highest BCUT2D eigenvalue weighted by Crippen LogP contribution is 2.30. The van der Waals surface area contributed by atoms with Crippen molar-refractivity contribution in [1.29, 1.82) is 0 Å². The molecule has 1 aromatic heterocycles. The van der Waals surface area contributed by atoms with E-state index >= 15 is 0 Å². The molecule has 5 N–H and O–H groups in total. The second-order valence-electron chi connectivity index (χ2n) is 11.7. The number of alkyl halides is 3. The Bertz CT molecular complexity index is 1820. The van der Waals surface area contributed by atoms with Crippen molar-refractivity contribution in [2.75, 3.05) is 25.0 Å². The Kier molecular flexibility index (Phi) is 11.8. The molecule has 0 saturated carbocycles. The highest BCUT2D eigenvalue weighted by atomic mass is 32.2. The average Bonchev–Trinajstić information content (AvgIpc) is 3.11. The number of rotatable bonds is 13. The number of ether oxygens (including phenoxy) is 1. The van der Waals surface area contributed by atoms with Crippen LogP contribution in [0.5, 0.6) is 0 Å². The lowest BCUT2D eigenvalue weighted by Crippen LogP contribution is -2.51. The molecule has 15 heteroatoms. The second-order valence-corrected chi connectivity index (χ2v) is 13.4. The molecule has 0 bridgehead atoms. The lowest BCUT2D eigenvalue weighted by atomic mass is 9.84. The van der Waals surface area contributed by atoms with Gasteiger partial charge in [0.2, 0.25) is 5.91 Å². The molecular weight excluding hydrogens is 675 g/mol. The van der Waals surface area contributed by atoms with Crippen LogP contribution in [-0.2, 0) is 32.2 Å². The molecule has 1 aliphatic heterocycles. The summed E-state index contributed by atoms with van der Waals surface area (Å²) in [5.41, 5.74) is 1.55. The van der Waals surface area contributed by atoms with Crippen LogP contribution in [0.3, 0.4) is 0 Å². The minimum absolute atomic E-state index is 0.125. The van der Waals surface area contributed by atoms with Crippen molar-refractivity contribution in [2.45, 2.75) is 48.1 Å². The van der Waals surface area contributed by atoms with Crippen molar-refractivity contribution in [1.82, 2.24) is 20.3 Å². The number of amides is 2. The fourth-order valence-corrected chi connectivity index (χ4v) is 6.75. The number of aromatic nitrogens is 1. The smallest absolute Gasteiger partial charge is 0.433 e. The van der Waals surface area contributed by atoms with Gasteiger partial charge in [-0.25, -0.2) is 22.9 Å². The van der Waals surface area contributed by atoms with E-state index in [2.05, 4.69) is 25.7 Å². The first-order valence-corrected chi connectivity index (χ1v) is 17.3. The van der Waals surface area contributed by atoms with Crippen LogP contribution in [0, 0.1) is 0 Å². The van der Waals surface area contributed by atoms with E-state index < -0.39 is 56.9 Å². The second kappa shape index (κ2) is 16.3. The number of carboxylic acid groups (broad SMARTS) is 1. The number of hydrogen-bond donors (Lipinski definition) is 5. The Morgan fingerprint density at radius 1 is 0.920 bits per heavy atom. The number of hydrogen-bond acceptors (Lipinski definition) is 7. The van der Waals surface area contributed by atoms with E-state index in [1.54, 1.807) is 12.1 Å². The van der Waals surface area contributed by atoms with Gasteiger partial charge in [0.1, 0.15) is 11.7 Å². The van der Waals surface area contributed by atoms with Gasteiger partial charge >= 0.3 is 12.3 Å². The molecule has 1 saturated heterocycles. The molecule has 3 atom stereocenters. The van der Waals surface area contributed by atoms with E-state index in [4.69, 9.17) is 4.74 Å². The molecule has 1 aliphatic rings. The number of aryl methyl sites for hydroxylation is 1. The standard InChI is InChI=1S/C35H36F3N5O6S/c36-35(37,38)29-16-9-17-30(42-29)50(47,48)40-20-26-22-49-27(21-39-26)19-18-23-10-7-8-15-28(23)41-33(44)32(43-34(45)46)31(24-11-3-1-4-12-24)25-13-5-2-6-14-25/h1-17,26-27,31-32,39-40,43H,18-22H2,(H,41,44)(H,45,46)/t26-,27-,32+/m1/s1. The first-order valence-electron chi connectivity index (χ1n) is 15.8. The van der Waals surface area contributed by atoms with Crippen molar-refractivity contribution in [3.05, 3.63) is 126 Å². The molecule has 11 nitrogen and oxygen atoms in total. The Balaban J connectivity index is 1.19. The number of nitrogens with one attached hydrogen (secondary N) is 4. The number of nitrogens with zero attached hydrogens (tertiary/aromatic N) is 1. The third kappa shape index (κ3) is 9.65.